The summed E-state index contributed by atoms with van der Waals surface area (Å²) in [7, 11) is 0. The molecule has 0 aliphatic rings. The molecule has 22 heavy (non-hydrogen) atoms. The molecule has 0 aliphatic carbocycles. The molecule has 3 nitrogen and oxygen atoms in total. The monoisotopic (exact) mass is 347 g/mol. The third-order valence-electron chi connectivity index (χ3n) is 2.85. The zero-order valence-corrected chi connectivity index (χ0v) is 13.7. The standard InChI is InChI=1S/C16H11Cl2N3S/c17-12-6-4-11(5-7-12)16-14(18)9-15(22-16)21-20-10-13-3-1-2-8-19-13/h1-10,21H. The number of halogens is 2. The number of nitrogens with zero attached hydrogens (tertiary/aromatic N) is 2. The third kappa shape index (κ3) is 3.65. The van der Waals surface area contributed by atoms with E-state index >= 15 is 0 Å². The Morgan fingerprint density at radius 2 is 1.91 bits per heavy atom. The van der Waals surface area contributed by atoms with Crippen molar-refractivity contribution in [1.82, 2.24) is 4.98 Å². The summed E-state index contributed by atoms with van der Waals surface area (Å²) in [6.07, 6.45) is 3.39. The molecule has 110 valence electrons. The summed E-state index contributed by atoms with van der Waals surface area (Å²) < 4.78 is 0. The molecule has 3 rings (SSSR count). The van der Waals surface area contributed by atoms with Gasteiger partial charge in [-0.3, -0.25) is 10.4 Å². The van der Waals surface area contributed by atoms with Gasteiger partial charge in [-0.05, 0) is 35.9 Å². The number of rotatable bonds is 4. The van der Waals surface area contributed by atoms with Crippen LogP contribution in [0.15, 0.2) is 59.8 Å². The Labute approximate surface area is 142 Å². The smallest absolute Gasteiger partial charge is 0.111 e. The summed E-state index contributed by atoms with van der Waals surface area (Å²) in [5.41, 5.74) is 4.79. The molecule has 1 N–H and O–H groups in total. The highest BCUT2D eigenvalue weighted by atomic mass is 35.5. The fourth-order valence-electron chi connectivity index (χ4n) is 1.84. The van der Waals surface area contributed by atoms with Crippen LogP contribution in [0.5, 0.6) is 0 Å². The van der Waals surface area contributed by atoms with Gasteiger partial charge < -0.3 is 0 Å². The Morgan fingerprint density at radius 1 is 1.09 bits per heavy atom. The van der Waals surface area contributed by atoms with Gasteiger partial charge in [0, 0.05) is 11.2 Å². The Morgan fingerprint density at radius 3 is 2.64 bits per heavy atom. The lowest BCUT2D eigenvalue weighted by Gasteiger charge is -1.98. The zero-order chi connectivity index (χ0) is 15.4. The van der Waals surface area contributed by atoms with Crippen molar-refractivity contribution in [2.24, 2.45) is 5.10 Å². The molecule has 0 fully saturated rings. The van der Waals surface area contributed by atoms with Gasteiger partial charge in [0.05, 0.1) is 21.8 Å². The molecule has 0 bridgehead atoms. The van der Waals surface area contributed by atoms with Crippen LogP contribution >= 0.6 is 34.5 Å². The molecule has 2 heterocycles. The molecular weight excluding hydrogens is 337 g/mol. The molecule has 0 saturated carbocycles. The van der Waals surface area contributed by atoms with E-state index in [1.807, 2.05) is 48.5 Å². The molecule has 2 aromatic heterocycles. The SMILES string of the molecule is Clc1ccc(-c2sc(NN=Cc3ccccn3)cc2Cl)cc1. The normalized spacial score (nSPS) is 11.0. The van der Waals surface area contributed by atoms with E-state index < -0.39 is 0 Å². The van der Waals surface area contributed by atoms with Crippen LogP contribution in [0.2, 0.25) is 10.0 Å². The van der Waals surface area contributed by atoms with Crippen molar-refractivity contribution < 1.29 is 0 Å². The summed E-state index contributed by atoms with van der Waals surface area (Å²) in [6.45, 7) is 0. The van der Waals surface area contributed by atoms with Crippen molar-refractivity contribution in [2.75, 3.05) is 5.43 Å². The lowest BCUT2D eigenvalue weighted by Crippen LogP contribution is -1.89. The van der Waals surface area contributed by atoms with Crippen LogP contribution in [0, 0.1) is 0 Å². The minimum absolute atomic E-state index is 0.683. The number of hydrogen-bond acceptors (Lipinski definition) is 4. The van der Waals surface area contributed by atoms with Gasteiger partial charge in [-0.25, -0.2) is 0 Å². The zero-order valence-electron chi connectivity index (χ0n) is 11.3. The van der Waals surface area contributed by atoms with Crippen LogP contribution in [-0.2, 0) is 0 Å². The van der Waals surface area contributed by atoms with Gasteiger partial charge in [-0.2, -0.15) is 5.10 Å². The average Bonchev–Trinajstić information content (AvgIpc) is 2.90. The van der Waals surface area contributed by atoms with Crippen molar-refractivity contribution in [3.63, 3.8) is 0 Å². The van der Waals surface area contributed by atoms with Crippen LogP contribution in [0.1, 0.15) is 5.69 Å². The van der Waals surface area contributed by atoms with Crippen molar-refractivity contribution in [2.45, 2.75) is 0 Å². The maximum absolute atomic E-state index is 6.29. The first-order valence-corrected chi connectivity index (χ1v) is 8.05. The Bertz CT molecular complexity index is 783. The van der Waals surface area contributed by atoms with Gasteiger partial charge >= 0.3 is 0 Å². The number of pyridine rings is 1. The summed E-state index contributed by atoms with van der Waals surface area (Å²) in [5, 5.41) is 6.42. The minimum atomic E-state index is 0.683. The first-order chi connectivity index (χ1) is 10.7. The number of hydrogen-bond donors (Lipinski definition) is 1. The highest BCUT2D eigenvalue weighted by Crippen LogP contribution is 2.39. The van der Waals surface area contributed by atoms with E-state index in [-0.39, 0.29) is 0 Å². The van der Waals surface area contributed by atoms with Gasteiger partial charge in [0.1, 0.15) is 5.00 Å². The van der Waals surface area contributed by atoms with E-state index in [0.29, 0.717) is 10.0 Å². The van der Waals surface area contributed by atoms with Gasteiger partial charge in [0.2, 0.25) is 0 Å². The molecule has 0 spiro atoms. The third-order valence-corrected chi connectivity index (χ3v) is 4.60. The second-order valence-corrected chi connectivity index (χ2v) is 6.32. The summed E-state index contributed by atoms with van der Waals surface area (Å²) in [5.74, 6) is 0. The Hall–Kier alpha value is -1.88. The molecular formula is C16H11Cl2N3S. The largest absolute Gasteiger partial charge is 0.268 e. The predicted octanol–water partition coefficient (Wildman–Crippen LogP) is 5.56. The number of thiophene rings is 1. The number of anilines is 1. The second-order valence-electron chi connectivity index (χ2n) is 4.42. The molecule has 0 saturated heterocycles. The predicted molar refractivity (Wildman–Crippen MR) is 95.2 cm³/mol. The molecule has 0 amide bonds. The highest BCUT2D eigenvalue weighted by molar-refractivity contribution is 7.20. The van der Waals surface area contributed by atoms with Crippen molar-refractivity contribution >= 4 is 45.8 Å². The van der Waals surface area contributed by atoms with Crippen LogP contribution < -0.4 is 5.43 Å². The fraction of sp³-hybridized carbons (Fsp3) is 0. The topological polar surface area (TPSA) is 37.3 Å². The van der Waals surface area contributed by atoms with Gasteiger partial charge in [0.15, 0.2) is 0 Å². The van der Waals surface area contributed by atoms with Crippen molar-refractivity contribution in [3.8, 4) is 10.4 Å². The number of hydrazone groups is 1. The first-order valence-electron chi connectivity index (χ1n) is 6.48. The lowest BCUT2D eigenvalue weighted by atomic mass is 10.2. The van der Waals surface area contributed by atoms with Gasteiger partial charge in [0.25, 0.3) is 0 Å². The molecule has 0 atom stereocenters. The van der Waals surface area contributed by atoms with E-state index in [0.717, 1.165) is 21.1 Å². The minimum Gasteiger partial charge on any atom is -0.268 e. The maximum atomic E-state index is 6.29. The Balaban J connectivity index is 1.75. The van der Waals surface area contributed by atoms with E-state index in [1.165, 1.54) is 11.3 Å². The van der Waals surface area contributed by atoms with Crippen LogP contribution in [-0.4, -0.2) is 11.2 Å². The molecule has 6 heteroatoms. The number of benzene rings is 1. The van der Waals surface area contributed by atoms with Crippen LogP contribution in [0.25, 0.3) is 10.4 Å². The fourth-order valence-corrected chi connectivity index (χ4v) is 3.27. The Kier molecular flexibility index (Phi) is 4.73. The highest BCUT2D eigenvalue weighted by Gasteiger charge is 2.09. The molecule has 1 aromatic carbocycles. The van der Waals surface area contributed by atoms with E-state index in [9.17, 15) is 0 Å². The van der Waals surface area contributed by atoms with Gasteiger partial charge in [-0.15, -0.1) is 11.3 Å². The van der Waals surface area contributed by atoms with Crippen molar-refractivity contribution in [1.29, 1.82) is 0 Å². The summed E-state index contributed by atoms with van der Waals surface area (Å²) in [6, 6.07) is 15.1. The molecule has 3 aromatic rings. The van der Waals surface area contributed by atoms with Crippen molar-refractivity contribution in [3.05, 3.63) is 70.5 Å². The summed E-state index contributed by atoms with van der Waals surface area (Å²) >= 11 is 13.7. The molecule has 0 radical (unpaired) electrons. The maximum Gasteiger partial charge on any atom is 0.111 e. The second kappa shape index (κ2) is 6.92. The quantitative estimate of drug-likeness (QED) is 0.495. The van der Waals surface area contributed by atoms with Crippen LogP contribution in [0.4, 0.5) is 5.00 Å². The number of nitrogens with one attached hydrogen (secondary N) is 1. The summed E-state index contributed by atoms with van der Waals surface area (Å²) in [4.78, 5) is 5.14. The molecule has 0 aliphatic heterocycles. The molecule has 0 unspecified atom stereocenters. The first kappa shape index (κ1) is 15.0. The van der Waals surface area contributed by atoms with E-state index in [1.54, 1.807) is 12.4 Å². The van der Waals surface area contributed by atoms with Gasteiger partial charge in [-0.1, -0.05) is 41.4 Å². The number of aromatic nitrogens is 1. The van der Waals surface area contributed by atoms with Crippen LogP contribution in [0.3, 0.4) is 0 Å². The van der Waals surface area contributed by atoms with E-state index in [2.05, 4.69) is 15.5 Å². The lowest BCUT2D eigenvalue weighted by molar-refractivity contribution is 1.28. The van der Waals surface area contributed by atoms with E-state index in [4.69, 9.17) is 23.2 Å². The average molecular weight is 348 g/mol.